The van der Waals surface area contributed by atoms with Gasteiger partial charge >= 0.3 is 0 Å². The van der Waals surface area contributed by atoms with E-state index in [1.165, 1.54) is 0 Å². The molecule has 1 fully saturated rings. The Morgan fingerprint density at radius 2 is 2.06 bits per heavy atom. The second-order valence-electron chi connectivity index (χ2n) is 5.58. The minimum absolute atomic E-state index is 0.0657. The van der Waals surface area contributed by atoms with Crippen LogP contribution < -0.4 is 11.1 Å². The summed E-state index contributed by atoms with van der Waals surface area (Å²) in [6.07, 6.45) is 4.95. The predicted octanol–water partition coefficient (Wildman–Crippen LogP) is 1.03. The average molecular weight is 242 g/mol. The molecule has 0 heterocycles. The first-order chi connectivity index (χ1) is 8.04. The summed E-state index contributed by atoms with van der Waals surface area (Å²) in [5.74, 6) is 0.568. The first kappa shape index (κ1) is 14.5. The third-order valence-electron chi connectivity index (χ3n) is 3.53. The molecule has 17 heavy (non-hydrogen) atoms. The molecule has 2 unspecified atom stereocenters. The van der Waals surface area contributed by atoms with Crippen LogP contribution in [0.4, 0.5) is 0 Å². The molecule has 0 radical (unpaired) electrons. The van der Waals surface area contributed by atoms with Gasteiger partial charge in [-0.2, -0.15) is 0 Å². The molecule has 1 aliphatic carbocycles. The molecule has 1 saturated carbocycles. The van der Waals surface area contributed by atoms with Gasteiger partial charge in [-0.3, -0.25) is 4.79 Å². The Labute approximate surface area is 104 Å². The highest BCUT2D eigenvalue weighted by Gasteiger charge is 2.27. The Bertz CT molecular complexity index is 244. The smallest absolute Gasteiger partial charge is 0.237 e. The number of rotatable bonds is 5. The molecule has 100 valence electrons. The first-order valence-corrected chi connectivity index (χ1v) is 6.71. The summed E-state index contributed by atoms with van der Waals surface area (Å²) in [4.78, 5) is 11.9. The van der Waals surface area contributed by atoms with Crippen LogP contribution >= 0.6 is 0 Å². The monoisotopic (exact) mass is 242 g/mol. The topological polar surface area (TPSA) is 75.4 Å². The Morgan fingerprint density at radius 1 is 1.41 bits per heavy atom. The Balaban J connectivity index is 2.43. The second-order valence-corrected chi connectivity index (χ2v) is 5.58. The predicted molar refractivity (Wildman–Crippen MR) is 68.4 cm³/mol. The van der Waals surface area contributed by atoms with E-state index in [0.29, 0.717) is 12.3 Å². The molecule has 4 heteroatoms. The largest absolute Gasteiger partial charge is 0.396 e. The summed E-state index contributed by atoms with van der Waals surface area (Å²) in [7, 11) is 0. The summed E-state index contributed by atoms with van der Waals surface area (Å²) in [6, 6.07) is -0.310. The van der Waals surface area contributed by atoms with E-state index in [4.69, 9.17) is 5.73 Å². The number of aliphatic hydroxyl groups excluding tert-OH is 1. The summed E-state index contributed by atoms with van der Waals surface area (Å²) in [5.41, 5.74) is 5.85. The third kappa shape index (κ3) is 4.64. The van der Waals surface area contributed by atoms with Gasteiger partial charge in [0.15, 0.2) is 0 Å². The summed E-state index contributed by atoms with van der Waals surface area (Å²) in [5, 5.41) is 12.3. The van der Waals surface area contributed by atoms with E-state index < -0.39 is 6.04 Å². The van der Waals surface area contributed by atoms with E-state index in [0.717, 1.165) is 25.7 Å². The highest BCUT2D eigenvalue weighted by atomic mass is 16.3. The van der Waals surface area contributed by atoms with Crippen LogP contribution in [0.15, 0.2) is 0 Å². The Morgan fingerprint density at radius 3 is 2.65 bits per heavy atom. The maximum atomic E-state index is 11.9. The molecule has 1 amide bonds. The van der Waals surface area contributed by atoms with Crippen LogP contribution in [0.1, 0.15) is 46.0 Å². The van der Waals surface area contributed by atoms with Gasteiger partial charge in [-0.05, 0) is 25.2 Å². The van der Waals surface area contributed by atoms with Crippen molar-refractivity contribution >= 4 is 5.91 Å². The van der Waals surface area contributed by atoms with Crippen LogP contribution in [0.5, 0.6) is 0 Å². The standard InChI is InChI=1S/C13H26N2O2/c1-9(2)7-11(14)13(17)15-12-6-4-3-5-10(12)8-16/h9-12,16H,3-8,14H2,1-2H3,(H,15,17)/t10?,11-,12?/m1/s1. The molecule has 0 aliphatic heterocycles. The van der Waals surface area contributed by atoms with Gasteiger partial charge in [0.1, 0.15) is 0 Å². The number of aliphatic hydroxyl groups is 1. The zero-order valence-corrected chi connectivity index (χ0v) is 11.0. The highest BCUT2D eigenvalue weighted by molar-refractivity contribution is 5.81. The number of hydrogen-bond donors (Lipinski definition) is 3. The van der Waals surface area contributed by atoms with Crippen LogP contribution in [0.25, 0.3) is 0 Å². The van der Waals surface area contributed by atoms with E-state index in [9.17, 15) is 9.90 Å². The minimum Gasteiger partial charge on any atom is -0.396 e. The van der Waals surface area contributed by atoms with Gasteiger partial charge in [0.25, 0.3) is 0 Å². The van der Waals surface area contributed by atoms with Gasteiger partial charge < -0.3 is 16.2 Å². The molecular weight excluding hydrogens is 216 g/mol. The SMILES string of the molecule is CC(C)C[C@@H](N)C(=O)NC1CCCCC1CO. The normalized spacial score (nSPS) is 26.9. The third-order valence-corrected chi connectivity index (χ3v) is 3.53. The quantitative estimate of drug-likeness (QED) is 0.674. The van der Waals surface area contributed by atoms with Gasteiger partial charge in [-0.1, -0.05) is 26.7 Å². The van der Waals surface area contributed by atoms with Crippen molar-refractivity contribution in [3.63, 3.8) is 0 Å². The van der Waals surface area contributed by atoms with Gasteiger partial charge in [-0.25, -0.2) is 0 Å². The average Bonchev–Trinajstić information content (AvgIpc) is 2.28. The van der Waals surface area contributed by atoms with Crippen molar-refractivity contribution in [3.05, 3.63) is 0 Å². The molecule has 1 rings (SSSR count). The van der Waals surface area contributed by atoms with E-state index >= 15 is 0 Å². The molecule has 0 saturated heterocycles. The van der Waals surface area contributed by atoms with Gasteiger partial charge in [0.05, 0.1) is 6.04 Å². The number of nitrogens with one attached hydrogen (secondary N) is 1. The maximum absolute atomic E-state index is 11.9. The van der Waals surface area contributed by atoms with Crippen molar-refractivity contribution < 1.29 is 9.90 Å². The molecular formula is C13H26N2O2. The summed E-state index contributed by atoms with van der Waals surface area (Å²) >= 11 is 0. The van der Waals surface area contributed by atoms with Crippen LogP contribution in [0.2, 0.25) is 0 Å². The molecule has 4 N–H and O–H groups in total. The van der Waals surface area contributed by atoms with E-state index in [1.54, 1.807) is 0 Å². The summed E-state index contributed by atoms with van der Waals surface area (Å²) < 4.78 is 0. The van der Waals surface area contributed by atoms with E-state index in [-0.39, 0.29) is 24.5 Å². The molecule has 0 spiro atoms. The number of amides is 1. The van der Waals surface area contributed by atoms with E-state index in [2.05, 4.69) is 19.2 Å². The van der Waals surface area contributed by atoms with Crippen LogP contribution in [-0.4, -0.2) is 29.7 Å². The molecule has 4 nitrogen and oxygen atoms in total. The number of carbonyl (C=O) groups excluding carboxylic acids is 1. The minimum atomic E-state index is -0.420. The first-order valence-electron chi connectivity index (χ1n) is 6.71. The van der Waals surface area contributed by atoms with Gasteiger partial charge in [0, 0.05) is 18.6 Å². The fourth-order valence-corrected chi connectivity index (χ4v) is 2.52. The number of hydrogen-bond acceptors (Lipinski definition) is 3. The lowest BCUT2D eigenvalue weighted by Gasteiger charge is -2.31. The second kappa shape index (κ2) is 6.97. The van der Waals surface area contributed by atoms with Crippen molar-refractivity contribution in [2.75, 3.05) is 6.61 Å². The fourth-order valence-electron chi connectivity index (χ4n) is 2.52. The van der Waals surface area contributed by atoms with Crippen molar-refractivity contribution in [1.29, 1.82) is 0 Å². The van der Waals surface area contributed by atoms with Crippen LogP contribution in [-0.2, 0) is 4.79 Å². The van der Waals surface area contributed by atoms with Crippen molar-refractivity contribution in [1.82, 2.24) is 5.32 Å². The Kier molecular flexibility index (Phi) is 5.92. The van der Waals surface area contributed by atoms with Crippen molar-refractivity contribution in [2.45, 2.75) is 58.0 Å². The molecule has 0 aromatic heterocycles. The molecule has 0 bridgehead atoms. The van der Waals surface area contributed by atoms with E-state index in [1.807, 2.05) is 0 Å². The highest BCUT2D eigenvalue weighted by Crippen LogP contribution is 2.24. The van der Waals surface area contributed by atoms with Gasteiger partial charge in [0.2, 0.25) is 5.91 Å². The van der Waals surface area contributed by atoms with Crippen molar-refractivity contribution in [2.24, 2.45) is 17.6 Å². The molecule has 0 aromatic carbocycles. The van der Waals surface area contributed by atoms with Gasteiger partial charge in [-0.15, -0.1) is 0 Å². The Hall–Kier alpha value is -0.610. The molecule has 0 aromatic rings. The fraction of sp³-hybridized carbons (Fsp3) is 0.923. The van der Waals surface area contributed by atoms with Crippen molar-refractivity contribution in [3.8, 4) is 0 Å². The number of carbonyl (C=O) groups is 1. The zero-order valence-electron chi connectivity index (χ0n) is 11.0. The molecule has 1 aliphatic rings. The van der Waals surface area contributed by atoms with Crippen LogP contribution in [0.3, 0.4) is 0 Å². The maximum Gasteiger partial charge on any atom is 0.237 e. The lowest BCUT2D eigenvalue weighted by Crippen LogP contribution is -2.50. The summed E-state index contributed by atoms with van der Waals surface area (Å²) in [6.45, 7) is 4.28. The van der Waals surface area contributed by atoms with Crippen LogP contribution in [0, 0.1) is 11.8 Å². The molecule has 3 atom stereocenters. The number of nitrogens with two attached hydrogens (primary N) is 1. The zero-order chi connectivity index (χ0) is 12.8. The lowest BCUT2D eigenvalue weighted by atomic mass is 9.85. The lowest BCUT2D eigenvalue weighted by molar-refractivity contribution is -0.124.